The van der Waals surface area contributed by atoms with E-state index in [-0.39, 0.29) is 74.0 Å². The first kappa shape index (κ1) is 42.4. The predicted octanol–water partition coefficient (Wildman–Crippen LogP) is 6.96. The number of rotatable bonds is 18. The zero-order valence-electron chi connectivity index (χ0n) is 32.2. The van der Waals surface area contributed by atoms with Gasteiger partial charge in [0.15, 0.2) is 0 Å². The van der Waals surface area contributed by atoms with Crippen LogP contribution in [0.3, 0.4) is 0 Å². The van der Waals surface area contributed by atoms with E-state index in [0.29, 0.717) is 88.5 Å². The van der Waals surface area contributed by atoms with Gasteiger partial charge in [-0.05, 0) is 124 Å². The number of ether oxygens (including phenoxy) is 6. The Kier molecular flexibility index (Phi) is 15.6. The van der Waals surface area contributed by atoms with Crippen LogP contribution >= 0.6 is 0 Å². The summed E-state index contributed by atoms with van der Waals surface area (Å²) >= 11 is 0. The largest absolute Gasteiger partial charge is 0.465 e. The lowest BCUT2D eigenvalue weighted by atomic mass is 9.82. The minimum absolute atomic E-state index is 0.240. The third-order valence-electron chi connectivity index (χ3n) is 10.7. The average molecular weight is 783 g/mol. The number of esters is 6. The SMILES string of the molecule is C#CC1c2cc(OC(=O)C3CCC(C(=O)OCCCCOC(=O)C=C)CC3)ccc2-c2ccc(OC(=O)C3CCC(C(=O)OCCCCOC(=O)C=C)CC3)cc21. The first-order chi connectivity index (χ1) is 27.6. The number of carbonyl (C=O) groups is 6. The molecule has 12 heteroatoms. The average Bonchev–Trinajstić information content (AvgIpc) is 3.54. The van der Waals surface area contributed by atoms with E-state index in [1.54, 1.807) is 24.3 Å². The Hall–Kier alpha value is -5.70. The van der Waals surface area contributed by atoms with Crippen molar-refractivity contribution in [1.29, 1.82) is 0 Å². The normalized spacial score (nSPS) is 20.6. The molecule has 2 aromatic rings. The standard InChI is InChI=1S/C45H50O12/c1-4-35-38-27-33(56-44(50)31-15-11-29(12-16-31)42(48)54-25-9-7-23-52-40(46)5-2)19-21-36(38)37-22-20-34(28-39(35)37)57-45(51)32-17-13-30(14-18-32)43(49)55-26-10-8-24-53-41(47)6-3/h1,5-6,19-22,27-32,35H,2-3,7-18,23-26H2. The van der Waals surface area contributed by atoms with E-state index < -0.39 is 17.9 Å². The Morgan fingerprint density at radius 3 is 1.21 bits per heavy atom. The summed E-state index contributed by atoms with van der Waals surface area (Å²) in [6.07, 6.45) is 14.7. The Labute approximate surface area is 333 Å². The van der Waals surface area contributed by atoms with Gasteiger partial charge in [0.05, 0.1) is 56.0 Å². The summed E-state index contributed by atoms with van der Waals surface area (Å²) in [5.74, 6) is -0.319. The molecule has 0 unspecified atom stereocenters. The van der Waals surface area contributed by atoms with Crippen LogP contribution in [-0.2, 0) is 47.7 Å². The molecular weight excluding hydrogens is 732 g/mol. The summed E-state index contributed by atoms with van der Waals surface area (Å²) in [5.41, 5.74) is 3.44. The molecule has 3 aliphatic rings. The lowest BCUT2D eigenvalue weighted by molar-refractivity contribution is -0.152. The number of benzene rings is 2. The second-order valence-corrected chi connectivity index (χ2v) is 14.5. The minimum Gasteiger partial charge on any atom is -0.465 e. The number of terminal acetylenes is 1. The molecule has 0 N–H and O–H groups in total. The van der Waals surface area contributed by atoms with Crippen molar-refractivity contribution < 1.29 is 57.2 Å². The van der Waals surface area contributed by atoms with Crippen LogP contribution in [0.2, 0.25) is 0 Å². The first-order valence-electron chi connectivity index (χ1n) is 19.7. The molecule has 12 nitrogen and oxygen atoms in total. The maximum atomic E-state index is 13.2. The van der Waals surface area contributed by atoms with E-state index in [1.165, 1.54) is 0 Å². The van der Waals surface area contributed by atoms with Crippen LogP contribution in [0.4, 0.5) is 0 Å². The monoisotopic (exact) mass is 782 g/mol. The van der Waals surface area contributed by atoms with Gasteiger partial charge in [0.1, 0.15) is 11.5 Å². The molecule has 2 saturated carbocycles. The molecular formula is C45H50O12. The van der Waals surface area contributed by atoms with E-state index in [9.17, 15) is 28.8 Å². The molecule has 0 saturated heterocycles. The molecule has 2 aromatic carbocycles. The fourth-order valence-corrected chi connectivity index (χ4v) is 7.51. The lowest BCUT2D eigenvalue weighted by Crippen LogP contribution is -2.29. The van der Waals surface area contributed by atoms with Crippen molar-refractivity contribution in [2.75, 3.05) is 26.4 Å². The molecule has 2 fully saturated rings. The van der Waals surface area contributed by atoms with Gasteiger partial charge in [-0.25, -0.2) is 9.59 Å². The second kappa shape index (κ2) is 21.0. The van der Waals surface area contributed by atoms with E-state index in [1.807, 2.05) is 12.1 Å². The Balaban J connectivity index is 1.05. The highest BCUT2D eigenvalue weighted by atomic mass is 16.6. The highest BCUT2D eigenvalue weighted by Crippen LogP contribution is 2.47. The van der Waals surface area contributed by atoms with Gasteiger partial charge in [-0.15, -0.1) is 6.42 Å². The fourth-order valence-electron chi connectivity index (χ4n) is 7.51. The number of fused-ring (bicyclic) bond motifs is 3. The van der Waals surface area contributed by atoms with Crippen LogP contribution in [0.1, 0.15) is 94.1 Å². The van der Waals surface area contributed by atoms with Crippen molar-refractivity contribution in [3.63, 3.8) is 0 Å². The third-order valence-corrected chi connectivity index (χ3v) is 10.7. The van der Waals surface area contributed by atoms with Crippen LogP contribution in [0, 0.1) is 36.0 Å². The van der Waals surface area contributed by atoms with Crippen LogP contribution in [0.5, 0.6) is 11.5 Å². The summed E-state index contributed by atoms with van der Waals surface area (Å²) in [4.78, 5) is 73.6. The van der Waals surface area contributed by atoms with Crippen LogP contribution in [-0.4, -0.2) is 62.2 Å². The highest BCUT2D eigenvalue weighted by molar-refractivity contribution is 5.84. The number of carbonyl (C=O) groups excluding carboxylic acids is 6. The van der Waals surface area contributed by atoms with Crippen LogP contribution in [0.15, 0.2) is 61.7 Å². The van der Waals surface area contributed by atoms with Crippen molar-refractivity contribution in [1.82, 2.24) is 0 Å². The Morgan fingerprint density at radius 2 is 0.877 bits per heavy atom. The van der Waals surface area contributed by atoms with Gasteiger partial charge in [-0.3, -0.25) is 19.2 Å². The van der Waals surface area contributed by atoms with E-state index >= 15 is 0 Å². The summed E-state index contributed by atoms with van der Waals surface area (Å²) in [6.45, 7) is 7.65. The van der Waals surface area contributed by atoms with Crippen molar-refractivity contribution in [2.24, 2.45) is 23.7 Å². The number of hydrogen-bond donors (Lipinski definition) is 0. The molecule has 3 aliphatic carbocycles. The highest BCUT2D eigenvalue weighted by Gasteiger charge is 2.35. The molecule has 0 bridgehead atoms. The first-order valence-corrected chi connectivity index (χ1v) is 19.7. The van der Waals surface area contributed by atoms with Gasteiger partial charge in [0.2, 0.25) is 0 Å². The minimum atomic E-state index is -0.483. The molecule has 0 amide bonds. The molecule has 0 atom stereocenters. The van der Waals surface area contributed by atoms with E-state index in [4.69, 9.17) is 34.8 Å². The molecule has 0 radical (unpaired) electrons. The third kappa shape index (κ3) is 11.7. The van der Waals surface area contributed by atoms with Gasteiger partial charge < -0.3 is 28.4 Å². The topological polar surface area (TPSA) is 158 Å². The lowest BCUT2D eigenvalue weighted by Gasteiger charge is -2.26. The molecule has 0 aromatic heterocycles. The number of hydrogen-bond acceptors (Lipinski definition) is 12. The summed E-state index contributed by atoms with van der Waals surface area (Å²) in [5, 5.41) is 0. The van der Waals surface area contributed by atoms with Crippen molar-refractivity contribution in [2.45, 2.75) is 83.0 Å². The van der Waals surface area contributed by atoms with Gasteiger partial charge in [-0.2, -0.15) is 0 Å². The summed E-state index contributed by atoms with van der Waals surface area (Å²) in [7, 11) is 0. The molecule has 302 valence electrons. The fraction of sp³-hybridized carbons (Fsp3) is 0.467. The van der Waals surface area contributed by atoms with Crippen LogP contribution in [0.25, 0.3) is 11.1 Å². The predicted molar refractivity (Wildman–Crippen MR) is 207 cm³/mol. The van der Waals surface area contributed by atoms with Crippen molar-refractivity contribution in [3.8, 4) is 35.0 Å². The quantitative estimate of drug-likeness (QED) is 0.0383. The Bertz CT molecular complexity index is 1730. The smallest absolute Gasteiger partial charge is 0.330 e. The maximum absolute atomic E-state index is 13.2. The zero-order valence-corrected chi connectivity index (χ0v) is 32.2. The second-order valence-electron chi connectivity index (χ2n) is 14.5. The summed E-state index contributed by atoms with van der Waals surface area (Å²) < 4.78 is 32.3. The molecule has 0 spiro atoms. The molecule has 5 rings (SSSR count). The Morgan fingerprint density at radius 1 is 0.544 bits per heavy atom. The van der Waals surface area contributed by atoms with Crippen molar-refractivity contribution >= 4 is 35.8 Å². The van der Waals surface area contributed by atoms with Crippen LogP contribution < -0.4 is 9.47 Å². The van der Waals surface area contributed by atoms with E-state index in [2.05, 4.69) is 19.1 Å². The van der Waals surface area contributed by atoms with Gasteiger partial charge in [0, 0.05) is 12.2 Å². The molecule has 0 heterocycles. The molecule has 0 aliphatic heterocycles. The zero-order chi connectivity index (χ0) is 40.7. The van der Waals surface area contributed by atoms with E-state index in [0.717, 1.165) is 34.4 Å². The van der Waals surface area contributed by atoms with Gasteiger partial charge in [-0.1, -0.05) is 31.2 Å². The summed E-state index contributed by atoms with van der Waals surface area (Å²) in [6, 6.07) is 10.8. The van der Waals surface area contributed by atoms with Crippen molar-refractivity contribution in [3.05, 3.63) is 72.8 Å². The molecule has 57 heavy (non-hydrogen) atoms. The van der Waals surface area contributed by atoms with Gasteiger partial charge >= 0.3 is 35.8 Å². The maximum Gasteiger partial charge on any atom is 0.330 e. The van der Waals surface area contributed by atoms with Gasteiger partial charge in [0.25, 0.3) is 0 Å². The number of unbranched alkanes of at least 4 members (excludes halogenated alkanes) is 2.